The number of nitrogens with two attached hydrogens (primary N) is 1. The zero-order chi connectivity index (χ0) is 14.0. The number of hydrogen-bond donors (Lipinski definition) is 1. The van der Waals surface area contributed by atoms with Crippen LogP contribution in [-0.4, -0.2) is 16.2 Å². The first-order valence-corrected chi connectivity index (χ1v) is 5.75. The zero-order valence-corrected chi connectivity index (χ0v) is 10.7. The highest BCUT2D eigenvalue weighted by molar-refractivity contribution is 5.48. The average molecular weight is 267 g/mol. The second-order valence-corrected chi connectivity index (χ2v) is 4.72. The standard InChI is InChI=1S/C13H15F2N3O/c1-13(2,16)11-7-17-8-18(11)9-5-3-4-6-10(9)19-12(14)15/h3-8,12H,16H2,1-2H3. The summed E-state index contributed by atoms with van der Waals surface area (Å²) in [6.45, 7) is 0.757. The Morgan fingerprint density at radius 3 is 2.63 bits per heavy atom. The number of aromatic nitrogens is 2. The predicted molar refractivity (Wildman–Crippen MR) is 67.4 cm³/mol. The van der Waals surface area contributed by atoms with Gasteiger partial charge < -0.3 is 10.5 Å². The molecule has 1 aromatic carbocycles. The van der Waals surface area contributed by atoms with Crippen LogP contribution in [0.3, 0.4) is 0 Å². The Hall–Kier alpha value is -1.95. The number of rotatable bonds is 4. The van der Waals surface area contributed by atoms with E-state index in [0.29, 0.717) is 11.4 Å². The second-order valence-electron chi connectivity index (χ2n) is 4.72. The van der Waals surface area contributed by atoms with E-state index in [2.05, 4.69) is 9.72 Å². The number of nitrogens with zero attached hydrogens (tertiary/aromatic N) is 2. The van der Waals surface area contributed by atoms with Crippen molar-refractivity contribution in [2.75, 3.05) is 0 Å². The number of halogens is 2. The van der Waals surface area contributed by atoms with Crippen molar-refractivity contribution in [1.29, 1.82) is 0 Å². The van der Waals surface area contributed by atoms with Crippen LogP contribution in [0.2, 0.25) is 0 Å². The van der Waals surface area contributed by atoms with Crippen molar-refractivity contribution in [2.24, 2.45) is 5.73 Å². The van der Waals surface area contributed by atoms with Crippen LogP contribution in [0.4, 0.5) is 8.78 Å². The third-order valence-corrected chi connectivity index (χ3v) is 2.64. The highest BCUT2D eigenvalue weighted by atomic mass is 19.3. The molecule has 0 atom stereocenters. The molecule has 0 saturated heterocycles. The maximum Gasteiger partial charge on any atom is 0.387 e. The molecule has 0 aliphatic carbocycles. The lowest BCUT2D eigenvalue weighted by molar-refractivity contribution is -0.0498. The third kappa shape index (κ3) is 2.90. The van der Waals surface area contributed by atoms with Gasteiger partial charge in [0, 0.05) is 0 Å². The molecular formula is C13H15F2N3O. The molecule has 0 fully saturated rings. The maximum absolute atomic E-state index is 12.4. The first-order valence-electron chi connectivity index (χ1n) is 5.75. The minimum Gasteiger partial charge on any atom is -0.433 e. The van der Waals surface area contributed by atoms with E-state index >= 15 is 0 Å². The van der Waals surface area contributed by atoms with Crippen LogP contribution < -0.4 is 10.5 Å². The first-order chi connectivity index (χ1) is 8.89. The predicted octanol–water partition coefficient (Wildman–Crippen LogP) is 2.67. The van der Waals surface area contributed by atoms with Crippen molar-refractivity contribution in [3.8, 4) is 11.4 Å². The van der Waals surface area contributed by atoms with E-state index in [4.69, 9.17) is 5.73 Å². The topological polar surface area (TPSA) is 53.1 Å². The molecule has 4 nitrogen and oxygen atoms in total. The minimum absolute atomic E-state index is 0.0843. The van der Waals surface area contributed by atoms with Gasteiger partial charge in [0.25, 0.3) is 0 Å². The van der Waals surface area contributed by atoms with Crippen molar-refractivity contribution < 1.29 is 13.5 Å². The van der Waals surface area contributed by atoms with Crippen LogP contribution >= 0.6 is 0 Å². The monoisotopic (exact) mass is 267 g/mol. The van der Waals surface area contributed by atoms with Gasteiger partial charge in [0.1, 0.15) is 5.75 Å². The highest BCUT2D eigenvalue weighted by Gasteiger charge is 2.21. The summed E-state index contributed by atoms with van der Waals surface area (Å²) in [7, 11) is 0. The summed E-state index contributed by atoms with van der Waals surface area (Å²) >= 11 is 0. The van der Waals surface area contributed by atoms with Crippen LogP contribution in [0.1, 0.15) is 19.5 Å². The van der Waals surface area contributed by atoms with E-state index in [1.807, 2.05) is 13.8 Å². The molecule has 6 heteroatoms. The molecule has 0 bridgehead atoms. The van der Waals surface area contributed by atoms with E-state index in [0.717, 1.165) is 0 Å². The molecule has 0 aliphatic rings. The lowest BCUT2D eigenvalue weighted by Crippen LogP contribution is -2.31. The van der Waals surface area contributed by atoms with Crippen molar-refractivity contribution in [3.05, 3.63) is 42.5 Å². The van der Waals surface area contributed by atoms with Gasteiger partial charge in [0.2, 0.25) is 0 Å². The summed E-state index contributed by atoms with van der Waals surface area (Å²) in [5, 5.41) is 0. The summed E-state index contributed by atoms with van der Waals surface area (Å²) in [5.41, 5.74) is 6.58. The SMILES string of the molecule is CC(C)(N)c1cncn1-c1ccccc1OC(F)F. The quantitative estimate of drug-likeness (QED) is 0.926. The number of para-hydroxylation sites is 2. The largest absolute Gasteiger partial charge is 0.433 e. The van der Waals surface area contributed by atoms with Crippen molar-refractivity contribution in [2.45, 2.75) is 26.0 Å². The molecule has 0 radical (unpaired) electrons. The summed E-state index contributed by atoms with van der Waals surface area (Å²) in [6, 6.07) is 6.52. The van der Waals surface area contributed by atoms with Gasteiger partial charge in [-0.15, -0.1) is 0 Å². The summed E-state index contributed by atoms with van der Waals surface area (Å²) < 4.78 is 31.0. The Bertz CT molecular complexity index is 561. The zero-order valence-electron chi connectivity index (χ0n) is 10.7. The minimum atomic E-state index is -2.88. The Balaban J connectivity index is 2.51. The molecule has 0 amide bonds. The van der Waals surface area contributed by atoms with Crippen LogP contribution in [0, 0.1) is 0 Å². The smallest absolute Gasteiger partial charge is 0.387 e. The van der Waals surface area contributed by atoms with Gasteiger partial charge in [-0.3, -0.25) is 4.57 Å². The highest BCUT2D eigenvalue weighted by Crippen LogP contribution is 2.28. The van der Waals surface area contributed by atoms with Gasteiger partial charge in [-0.2, -0.15) is 8.78 Å². The van der Waals surface area contributed by atoms with E-state index < -0.39 is 12.2 Å². The lowest BCUT2D eigenvalue weighted by atomic mass is 10.0. The van der Waals surface area contributed by atoms with Gasteiger partial charge in [0.15, 0.2) is 0 Å². The summed E-state index contributed by atoms with van der Waals surface area (Å²) in [5.74, 6) is 0.0843. The molecule has 102 valence electrons. The van der Waals surface area contributed by atoms with E-state index in [-0.39, 0.29) is 5.75 Å². The van der Waals surface area contributed by atoms with Crippen LogP contribution in [-0.2, 0) is 5.54 Å². The molecule has 2 N–H and O–H groups in total. The Kier molecular flexibility index (Phi) is 3.53. The van der Waals surface area contributed by atoms with Crippen molar-refractivity contribution >= 4 is 0 Å². The van der Waals surface area contributed by atoms with E-state index in [9.17, 15) is 8.78 Å². The molecule has 0 aliphatic heterocycles. The third-order valence-electron chi connectivity index (χ3n) is 2.64. The Labute approximate surface area is 109 Å². The molecule has 2 rings (SSSR count). The van der Waals surface area contributed by atoms with Crippen molar-refractivity contribution in [3.63, 3.8) is 0 Å². The van der Waals surface area contributed by atoms with E-state index in [1.54, 1.807) is 29.0 Å². The van der Waals surface area contributed by atoms with Gasteiger partial charge in [-0.05, 0) is 26.0 Å². The van der Waals surface area contributed by atoms with Gasteiger partial charge in [-0.1, -0.05) is 12.1 Å². The maximum atomic E-state index is 12.4. The number of hydrogen-bond acceptors (Lipinski definition) is 3. The molecule has 0 saturated carbocycles. The first kappa shape index (κ1) is 13.5. The lowest BCUT2D eigenvalue weighted by Gasteiger charge is -2.21. The normalized spacial score (nSPS) is 11.9. The fourth-order valence-electron chi connectivity index (χ4n) is 1.82. The number of ether oxygens (including phenoxy) is 1. The fourth-order valence-corrected chi connectivity index (χ4v) is 1.82. The number of alkyl halides is 2. The van der Waals surface area contributed by atoms with Crippen molar-refractivity contribution in [1.82, 2.24) is 9.55 Å². The van der Waals surface area contributed by atoms with Crippen LogP contribution in [0.5, 0.6) is 5.75 Å². The second kappa shape index (κ2) is 4.97. The molecule has 2 aromatic rings. The summed E-state index contributed by atoms with van der Waals surface area (Å²) in [4.78, 5) is 4.03. The molecule has 1 aromatic heterocycles. The number of benzene rings is 1. The Morgan fingerprint density at radius 1 is 1.32 bits per heavy atom. The molecule has 0 spiro atoms. The van der Waals surface area contributed by atoms with Crippen LogP contribution in [0.25, 0.3) is 5.69 Å². The molecule has 1 heterocycles. The Morgan fingerprint density at radius 2 is 2.00 bits per heavy atom. The molecule has 19 heavy (non-hydrogen) atoms. The average Bonchev–Trinajstić information content (AvgIpc) is 2.77. The van der Waals surface area contributed by atoms with Crippen LogP contribution in [0.15, 0.2) is 36.8 Å². The molecular weight excluding hydrogens is 252 g/mol. The van der Waals surface area contributed by atoms with Gasteiger partial charge in [0.05, 0.1) is 29.4 Å². The number of imidazole rings is 1. The summed E-state index contributed by atoms with van der Waals surface area (Å²) in [6.07, 6.45) is 3.14. The fraction of sp³-hybridized carbons (Fsp3) is 0.308. The molecule has 0 unspecified atom stereocenters. The van der Waals surface area contributed by atoms with Gasteiger partial charge >= 0.3 is 6.61 Å². The van der Waals surface area contributed by atoms with E-state index in [1.165, 1.54) is 12.4 Å². The van der Waals surface area contributed by atoms with Gasteiger partial charge in [-0.25, -0.2) is 4.98 Å².